The van der Waals surface area contributed by atoms with E-state index in [-0.39, 0.29) is 11.7 Å². The van der Waals surface area contributed by atoms with Gasteiger partial charge < -0.3 is 9.88 Å². The first-order valence-corrected chi connectivity index (χ1v) is 8.73. The second kappa shape index (κ2) is 8.54. The minimum Gasteiger partial charge on any atom is -0.338 e. The van der Waals surface area contributed by atoms with Crippen LogP contribution in [0, 0.1) is 5.92 Å². The Bertz CT molecular complexity index is 698. The van der Waals surface area contributed by atoms with Crippen LogP contribution in [-0.4, -0.2) is 33.8 Å². The number of benzene rings is 1. The molecule has 128 valence electrons. The Morgan fingerprint density at radius 1 is 1.25 bits per heavy atom. The molecule has 0 bridgehead atoms. The number of carbonyl (C=O) groups is 2. The van der Waals surface area contributed by atoms with Gasteiger partial charge in [0.25, 0.3) is 0 Å². The van der Waals surface area contributed by atoms with Gasteiger partial charge in [-0.2, -0.15) is 0 Å². The van der Waals surface area contributed by atoms with Gasteiger partial charge in [-0.25, -0.2) is 9.78 Å². The lowest BCUT2D eigenvalue weighted by molar-refractivity contribution is -0.117. The van der Waals surface area contributed by atoms with Crippen molar-refractivity contribution in [3.05, 3.63) is 36.5 Å². The number of imide groups is 1. The van der Waals surface area contributed by atoms with Crippen molar-refractivity contribution < 1.29 is 9.59 Å². The molecule has 0 saturated carbocycles. The third kappa shape index (κ3) is 5.13. The van der Waals surface area contributed by atoms with Crippen LogP contribution in [-0.2, 0) is 11.8 Å². The van der Waals surface area contributed by atoms with Crippen LogP contribution in [0.2, 0.25) is 0 Å². The minimum absolute atomic E-state index is 0.133. The highest BCUT2D eigenvalue weighted by molar-refractivity contribution is 7.99. The Hall–Kier alpha value is -2.28. The molecule has 1 heterocycles. The van der Waals surface area contributed by atoms with E-state index in [1.807, 2.05) is 55.8 Å². The highest BCUT2D eigenvalue weighted by Crippen LogP contribution is 2.24. The number of thioether (sulfide) groups is 1. The lowest BCUT2D eigenvalue weighted by Gasteiger charge is -2.08. The van der Waals surface area contributed by atoms with Crippen molar-refractivity contribution in [2.45, 2.75) is 19.0 Å². The molecule has 0 aliphatic rings. The van der Waals surface area contributed by atoms with Crippen molar-refractivity contribution in [2.75, 3.05) is 12.3 Å². The molecule has 0 fully saturated rings. The molecule has 0 spiro atoms. The van der Waals surface area contributed by atoms with Crippen LogP contribution < -0.4 is 10.6 Å². The number of hydrogen-bond acceptors (Lipinski definition) is 4. The zero-order valence-corrected chi connectivity index (χ0v) is 14.9. The van der Waals surface area contributed by atoms with Gasteiger partial charge in [-0.05, 0) is 11.5 Å². The Morgan fingerprint density at radius 3 is 2.62 bits per heavy atom. The third-order valence-corrected chi connectivity index (χ3v) is 4.32. The van der Waals surface area contributed by atoms with Gasteiger partial charge in [0.2, 0.25) is 5.91 Å². The number of nitrogens with zero attached hydrogens (tertiary/aromatic N) is 2. The molecule has 2 rings (SSSR count). The quantitative estimate of drug-likeness (QED) is 0.789. The van der Waals surface area contributed by atoms with Gasteiger partial charge in [0.05, 0.1) is 17.6 Å². The molecule has 0 aliphatic heterocycles. The fourth-order valence-corrected chi connectivity index (χ4v) is 2.79. The Balaban J connectivity index is 1.88. The van der Waals surface area contributed by atoms with Crippen LogP contribution in [0.25, 0.3) is 11.3 Å². The SMILES string of the molecule is CC(C)CNC(=O)NC(=O)CSc1ncc(-c2ccccc2)n1C. The first kappa shape index (κ1) is 18.1. The third-order valence-electron chi connectivity index (χ3n) is 3.27. The van der Waals surface area contributed by atoms with Gasteiger partial charge in [0, 0.05) is 13.6 Å². The second-order valence-corrected chi connectivity index (χ2v) is 6.73. The molecule has 0 aliphatic carbocycles. The monoisotopic (exact) mass is 346 g/mol. The fourth-order valence-electron chi connectivity index (χ4n) is 2.04. The van der Waals surface area contributed by atoms with Crippen LogP contribution in [0.3, 0.4) is 0 Å². The lowest BCUT2D eigenvalue weighted by atomic mass is 10.2. The summed E-state index contributed by atoms with van der Waals surface area (Å²) in [6.45, 7) is 4.51. The minimum atomic E-state index is -0.459. The summed E-state index contributed by atoms with van der Waals surface area (Å²) in [5.74, 6) is 0.128. The van der Waals surface area contributed by atoms with Crippen LogP contribution in [0.5, 0.6) is 0 Å². The first-order valence-electron chi connectivity index (χ1n) is 7.75. The smallest absolute Gasteiger partial charge is 0.321 e. The van der Waals surface area contributed by atoms with E-state index in [1.54, 1.807) is 6.20 Å². The standard InChI is InChI=1S/C17H22N4O2S/c1-12(2)9-18-16(23)20-15(22)11-24-17-19-10-14(21(17)3)13-7-5-4-6-8-13/h4-8,10,12H,9,11H2,1-3H3,(H2,18,20,22,23). The lowest BCUT2D eigenvalue weighted by Crippen LogP contribution is -2.41. The van der Waals surface area contributed by atoms with E-state index in [2.05, 4.69) is 15.6 Å². The molecule has 2 N–H and O–H groups in total. The molecule has 0 unspecified atom stereocenters. The second-order valence-electron chi connectivity index (χ2n) is 5.79. The summed E-state index contributed by atoms with van der Waals surface area (Å²) in [6, 6.07) is 9.47. The van der Waals surface area contributed by atoms with E-state index in [4.69, 9.17) is 0 Å². The van der Waals surface area contributed by atoms with Crippen molar-refractivity contribution in [3.63, 3.8) is 0 Å². The Labute approximate surface area is 146 Å². The Morgan fingerprint density at radius 2 is 1.96 bits per heavy atom. The number of amides is 3. The van der Waals surface area contributed by atoms with Crippen molar-refractivity contribution in [3.8, 4) is 11.3 Å². The highest BCUT2D eigenvalue weighted by Gasteiger charge is 2.12. The number of aromatic nitrogens is 2. The maximum Gasteiger partial charge on any atom is 0.321 e. The maximum atomic E-state index is 11.8. The maximum absolute atomic E-state index is 11.8. The van der Waals surface area contributed by atoms with Crippen molar-refractivity contribution >= 4 is 23.7 Å². The van der Waals surface area contributed by atoms with Crippen molar-refractivity contribution in [1.29, 1.82) is 0 Å². The molecule has 3 amide bonds. The van der Waals surface area contributed by atoms with Gasteiger partial charge in [0.1, 0.15) is 0 Å². The molecule has 0 radical (unpaired) electrons. The van der Waals surface area contributed by atoms with Gasteiger partial charge in [0.15, 0.2) is 5.16 Å². The summed E-state index contributed by atoms with van der Waals surface area (Å²) in [4.78, 5) is 27.7. The van der Waals surface area contributed by atoms with Gasteiger partial charge in [-0.15, -0.1) is 0 Å². The average molecular weight is 346 g/mol. The topological polar surface area (TPSA) is 76.0 Å². The van der Waals surface area contributed by atoms with Gasteiger partial charge in [-0.1, -0.05) is 55.9 Å². The Kier molecular flexibility index (Phi) is 6.43. The number of hydrogen-bond donors (Lipinski definition) is 2. The molecule has 1 aromatic carbocycles. The zero-order valence-electron chi connectivity index (χ0n) is 14.1. The summed E-state index contributed by atoms with van der Waals surface area (Å²) in [7, 11) is 1.91. The molecule has 0 atom stereocenters. The summed E-state index contributed by atoms with van der Waals surface area (Å²) >= 11 is 1.30. The fraction of sp³-hybridized carbons (Fsp3) is 0.353. The summed E-state index contributed by atoms with van der Waals surface area (Å²) in [5.41, 5.74) is 2.05. The van der Waals surface area contributed by atoms with Gasteiger partial charge in [-0.3, -0.25) is 10.1 Å². The number of nitrogens with one attached hydrogen (secondary N) is 2. The van der Waals surface area contributed by atoms with Crippen LogP contribution in [0.1, 0.15) is 13.8 Å². The number of urea groups is 1. The van der Waals surface area contributed by atoms with E-state index in [0.29, 0.717) is 12.5 Å². The average Bonchev–Trinajstić information content (AvgIpc) is 2.92. The summed E-state index contributed by atoms with van der Waals surface area (Å²) in [5, 5.41) is 5.69. The first-order chi connectivity index (χ1) is 11.5. The number of carbonyl (C=O) groups excluding carboxylic acids is 2. The number of imidazole rings is 1. The molecule has 6 nitrogen and oxygen atoms in total. The molecular formula is C17H22N4O2S. The van der Waals surface area contributed by atoms with E-state index in [9.17, 15) is 9.59 Å². The largest absolute Gasteiger partial charge is 0.338 e. The predicted octanol–water partition coefficient (Wildman–Crippen LogP) is 2.66. The number of rotatable bonds is 6. The van der Waals surface area contributed by atoms with Crippen LogP contribution in [0.4, 0.5) is 4.79 Å². The van der Waals surface area contributed by atoms with Crippen molar-refractivity contribution in [1.82, 2.24) is 20.2 Å². The molecule has 2 aromatic rings. The molecule has 7 heteroatoms. The van der Waals surface area contributed by atoms with E-state index in [0.717, 1.165) is 16.4 Å². The van der Waals surface area contributed by atoms with Crippen LogP contribution in [0.15, 0.2) is 41.7 Å². The summed E-state index contributed by atoms with van der Waals surface area (Å²) in [6.07, 6.45) is 1.78. The van der Waals surface area contributed by atoms with E-state index >= 15 is 0 Å². The van der Waals surface area contributed by atoms with E-state index in [1.165, 1.54) is 11.8 Å². The molecule has 0 saturated heterocycles. The van der Waals surface area contributed by atoms with Crippen molar-refractivity contribution in [2.24, 2.45) is 13.0 Å². The van der Waals surface area contributed by atoms with E-state index < -0.39 is 6.03 Å². The molecule has 24 heavy (non-hydrogen) atoms. The molecular weight excluding hydrogens is 324 g/mol. The summed E-state index contributed by atoms with van der Waals surface area (Å²) < 4.78 is 1.94. The highest BCUT2D eigenvalue weighted by atomic mass is 32.2. The predicted molar refractivity (Wildman–Crippen MR) is 95.7 cm³/mol. The molecule has 1 aromatic heterocycles. The normalized spacial score (nSPS) is 10.7. The zero-order chi connectivity index (χ0) is 17.5. The van der Waals surface area contributed by atoms with Crippen LogP contribution >= 0.6 is 11.8 Å². The van der Waals surface area contributed by atoms with Gasteiger partial charge >= 0.3 is 6.03 Å².